The zero-order valence-electron chi connectivity index (χ0n) is 16.6. The maximum absolute atomic E-state index is 13.4. The number of fused-ring (bicyclic) bond motifs is 1. The largest absolute Gasteiger partial charge is 0.341 e. The van der Waals surface area contributed by atoms with Crippen molar-refractivity contribution in [2.45, 2.75) is 64.2 Å². The van der Waals surface area contributed by atoms with E-state index in [1.54, 1.807) is 0 Å². The Hall–Kier alpha value is -0.810. The molecular formula is C21H36ClN3O2. The molecular weight excluding hydrogens is 362 g/mol. The van der Waals surface area contributed by atoms with E-state index in [9.17, 15) is 9.59 Å². The van der Waals surface area contributed by atoms with Crippen LogP contribution in [0.5, 0.6) is 0 Å². The molecule has 2 saturated carbocycles. The molecule has 4 rings (SSSR count). The number of carbonyl (C=O) groups is 2. The predicted molar refractivity (Wildman–Crippen MR) is 109 cm³/mol. The molecule has 2 atom stereocenters. The lowest BCUT2D eigenvalue weighted by Crippen LogP contribution is -2.50. The molecule has 5 nitrogen and oxygen atoms in total. The van der Waals surface area contributed by atoms with Gasteiger partial charge in [-0.15, -0.1) is 12.4 Å². The number of amides is 2. The minimum absolute atomic E-state index is 0. The van der Waals surface area contributed by atoms with E-state index in [1.165, 1.54) is 44.9 Å². The minimum Gasteiger partial charge on any atom is -0.341 e. The molecule has 4 fully saturated rings. The monoisotopic (exact) mass is 397 g/mol. The Labute approximate surface area is 170 Å². The molecule has 2 amide bonds. The van der Waals surface area contributed by atoms with Crippen LogP contribution in [0.3, 0.4) is 0 Å². The molecule has 6 heteroatoms. The van der Waals surface area contributed by atoms with Crippen molar-refractivity contribution in [3.63, 3.8) is 0 Å². The second-order valence-corrected chi connectivity index (χ2v) is 9.11. The molecule has 2 aliphatic heterocycles. The van der Waals surface area contributed by atoms with Gasteiger partial charge >= 0.3 is 0 Å². The van der Waals surface area contributed by atoms with E-state index in [0.29, 0.717) is 23.7 Å². The molecule has 1 N–H and O–H groups in total. The van der Waals surface area contributed by atoms with Gasteiger partial charge in [0.2, 0.25) is 11.8 Å². The third-order valence-electron chi connectivity index (χ3n) is 7.54. The van der Waals surface area contributed by atoms with Gasteiger partial charge in [0, 0.05) is 39.1 Å². The highest BCUT2D eigenvalue weighted by molar-refractivity contribution is 5.85. The smallest absolute Gasteiger partial charge is 0.230 e. The summed E-state index contributed by atoms with van der Waals surface area (Å²) in [6.45, 7) is 4.96. The number of hydrogen-bond acceptors (Lipinski definition) is 3. The number of halogens is 1. The summed E-state index contributed by atoms with van der Waals surface area (Å²) in [5.74, 6) is 1.82. The Kier molecular flexibility index (Phi) is 7.07. The zero-order chi connectivity index (χ0) is 18.0. The lowest BCUT2D eigenvalue weighted by atomic mass is 9.67. The Morgan fingerprint density at radius 2 is 1.59 bits per heavy atom. The van der Waals surface area contributed by atoms with Crippen LogP contribution in [0.15, 0.2) is 0 Å². The van der Waals surface area contributed by atoms with Crippen LogP contribution in [0.4, 0.5) is 0 Å². The van der Waals surface area contributed by atoms with E-state index in [0.717, 1.165) is 58.5 Å². The summed E-state index contributed by atoms with van der Waals surface area (Å²) < 4.78 is 0. The maximum atomic E-state index is 13.4. The molecule has 0 bridgehead atoms. The van der Waals surface area contributed by atoms with Gasteiger partial charge in [-0.1, -0.05) is 25.7 Å². The lowest BCUT2D eigenvalue weighted by molar-refractivity contribution is -0.145. The summed E-state index contributed by atoms with van der Waals surface area (Å²) in [7, 11) is 0. The SMILES string of the molecule is Cl.O=C(CC1CCCC1)N1CCCN(C(=O)[C@@]23CCCC[C@H]2CNC3)CC1. The number of hydrogen-bond donors (Lipinski definition) is 1. The van der Waals surface area contributed by atoms with Crippen LogP contribution < -0.4 is 5.32 Å². The second-order valence-electron chi connectivity index (χ2n) is 9.11. The highest BCUT2D eigenvalue weighted by Gasteiger charge is 2.51. The molecule has 2 heterocycles. The zero-order valence-corrected chi connectivity index (χ0v) is 17.4. The number of rotatable bonds is 3. The Balaban J connectivity index is 0.00000210. The summed E-state index contributed by atoms with van der Waals surface area (Å²) in [6.07, 6.45) is 11.4. The van der Waals surface area contributed by atoms with Crippen molar-refractivity contribution in [2.75, 3.05) is 39.3 Å². The van der Waals surface area contributed by atoms with Crippen molar-refractivity contribution in [3.8, 4) is 0 Å². The quantitative estimate of drug-likeness (QED) is 0.796. The van der Waals surface area contributed by atoms with E-state index in [1.807, 2.05) is 4.90 Å². The topological polar surface area (TPSA) is 52.7 Å². The third kappa shape index (κ3) is 4.29. The van der Waals surface area contributed by atoms with Crippen LogP contribution in [0.25, 0.3) is 0 Å². The molecule has 0 unspecified atom stereocenters. The van der Waals surface area contributed by atoms with E-state index in [-0.39, 0.29) is 17.8 Å². The van der Waals surface area contributed by atoms with Crippen molar-refractivity contribution in [3.05, 3.63) is 0 Å². The first-order valence-corrected chi connectivity index (χ1v) is 11.0. The van der Waals surface area contributed by atoms with Crippen LogP contribution in [-0.4, -0.2) is 60.9 Å². The molecule has 0 aromatic rings. The summed E-state index contributed by atoms with van der Waals surface area (Å²) in [4.78, 5) is 30.3. The standard InChI is InChI=1S/C21H35N3O2.ClH/c25-19(14-17-6-1-2-7-17)23-10-5-11-24(13-12-23)20(26)21-9-4-3-8-18(21)15-22-16-21;/h17-18,22H,1-16H2;1H/t18-,21+;/m0./s1. The van der Waals surface area contributed by atoms with Crippen molar-refractivity contribution < 1.29 is 9.59 Å². The van der Waals surface area contributed by atoms with Gasteiger partial charge in [-0.05, 0) is 50.5 Å². The molecule has 27 heavy (non-hydrogen) atoms. The Morgan fingerprint density at radius 1 is 0.889 bits per heavy atom. The molecule has 0 aromatic carbocycles. The normalized spacial score (nSPS) is 31.9. The molecule has 0 spiro atoms. The fourth-order valence-corrected chi connectivity index (χ4v) is 5.94. The average Bonchev–Trinajstić information content (AvgIpc) is 3.25. The van der Waals surface area contributed by atoms with E-state index in [2.05, 4.69) is 10.2 Å². The van der Waals surface area contributed by atoms with Gasteiger partial charge in [-0.25, -0.2) is 0 Å². The van der Waals surface area contributed by atoms with Crippen LogP contribution in [0, 0.1) is 17.3 Å². The van der Waals surface area contributed by atoms with Crippen LogP contribution >= 0.6 is 12.4 Å². The van der Waals surface area contributed by atoms with Gasteiger partial charge < -0.3 is 15.1 Å². The highest BCUT2D eigenvalue weighted by atomic mass is 35.5. The first-order chi connectivity index (χ1) is 12.7. The predicted octanol–water partition coefficient (Wildman–Crippen LogP) is 2.83. The Bertz CT molecular complexity index is 538. The van der Waals surface area contributed by atoms with Crippen LogP contribution in [0.2, 0.25) is 0 Å². The first-order valence-electron chi connectivity index (χ1n) is 11.0. The summed E-state index contributed by atoms with van der Waals surface area (Å²) in [6, 6.07) is 0. The molecule has 2 saturated heterocycles. The van der Waals surface area contributed by atoms with Gasteiger partial charge in [0.05, 0.1) is 5.41 Å². The summed E-state index contributed by atoms with van der Waals surface area (Å²) in [5.41, 5.74) is -0.152. The van der Waals surface area contributed by atoms with Crippen LogP contribution in [0.1, 0.15) is 64.2 Å². The first kappa shape index (κ1) is 20.9. The van der Waals surface area contributed by atoms with E-state index >= 15 is 0 Å². The number of nitrogens with zero attached hydrogens (tertiary/aromatic N) is 2. The fourth-order valence-electron chi connectivity index (χ4n) is 5.94. The van der Waals surface area contributed by atoms with E-state index in [4.69, 9.17) is 0 Å². The fraction of sp³-hybridized carbons (Fsp3) is 0.905. The molecule has 2 aliphatic carbocycles. The lowest BCUT2D eigenvalue weighted by Gasteiger charge is -2.40. The third-order valence-corrected chi connectivity index (χ3v) is 7.54. The molecule has 154 valence electrons. The maximum Gasteiger partial charge on any atom is 0.230 e. The van der Waals surface area contributed by atoms with Gasteiger partial charge in [-0.2, -0.15) is 0 Å². The van der Waals surface area contributed by atoms with Crippen molar-refractivity contribution in [1.82, 2.24) is 15.1 Å². The van der Waals surface area contributed by atoms with Gasteiger partial charge in [0.15, 0.2) is 0 Å². The second kappa shape index (κ2) is 9.13. The van der Waals surface area contributed by atoms with Crippen molar-refractivity contribution in [2.24, 2.45) is 17.3 Å². The summed E-state index contributed by atoms with van der Waals surface area (Å²) >= 11 is 0. The van der Waals surface area contributed by atoms with Crippen molar-refractivity contribution in [1.29, 1.82) is 0 Å². The summed E-state index contributed by atoms with van der Waals surface area (Å²) in [5, 5.41) is 3.50. The van der Waals surface area contributed by atoms with Gasteiger partial charge in [0.25, 0.3) is 0 Å². The highest BCUT2D eigenvalue weighted by Crippen LogP contribution is 2.45. The average molecular weight is 398 g/mol. The Morgan fingerprint density at radius 3 is 2.41 bits per heavy atom. The molecule has 0 aromatic heterocycles. The van der Waals surface area contributed by atoms with E-state index < -0.39 is 0 Å². The molecule has 4 aliphatic rings. The number of carbonyl (C=O) groups excluding carboxylic acids is 2. The number of nitrogens with one attached hydrogen (secondary N) is 1. The van der Waals surface area contributed by atoms with Crippen molar-refractivity contribution >= 4 is 24.2 Å². The van der Waals surface area contributed by atoms with Crippen LogP contribution in [-0.2, 0) is 9.59 Å². The minimum atomic E-state index is -0.152. The van der Waals surface area contributed by atoms with Gasteiger partial charge in [-0.3, -0.25) is 9.59 Å². The van der Waals surface area contributed by atoms with Gasteiger partial charge in [0.1, 0.15) is 0 Å². The molecule has 0 radical (unpaired) electrons.